The van der Waals surface area contributed by atoms with Gasteiger partial charge in [-0.1, -0.05) is 174 Å². The summed E-state index contributed by atoms with van der Waals surface area (Å²) < 4.78 is 21.9. The average molecular weight is 705 g/mol. The first-order valence-corrected chi connectivity index (χ1v) is 21.4. The second-order valence-corrected chi connectivity index (χ2v) is 15.1. The highest BCUT2D eigenvalue weighted by atomic mass is 31.2. The van der Waals surface area contributed by atoms with Gasteiger partial charge in [-0.3, -0.25) is 13.8 Å². The van der Waals surface area contributed by atoms with Gasteiger partial charge in [0.2, 0.25) is 5.91 Å². The molecule has 4 atom stereocenters. The zero-order valence-corrected chi connectivity index (χ0v) is 32.0. The number of hydrogen-bond acceptors (Lipinski definition) is 7. The minimum atomic E-state index is -4.38. The molecule has 0 aromatic rings. The van der Waals surface area contributed by atoms with Crippen LogP contribution in [0.5, 0.6) is 0 Å². The molecule has 286 valence electrons. The van der Waals surface area contributed by atoms with E-state index in [0.29, 0.717) is 6.42 Å². The van der Waals surface area contributed by atoms with Crippen molar-refractivity contribution in [3.05, 3.63) is 12.2 Å². The second-order valence-electron chi connectivity index (χ2n) is 13.7. The zero-order valence-electron chi connectivity index (χ0n) is 31.1. The molecule has 0 fully saturated rings. The summed E-state index contributed by atoms with van der Waals surface area (Å²) in [4.78, 5) is 22.6. The minimum absolute atomic E-state index is 0.0507. The van der Waals surface area contributed by atoms with Crippen LogP contribution in [0.4, 0.5) is 0 Å². The Kier molecular flexibility index (Phi) is 34.1. The predicted molar refractivity (Wildman–Crippen MR) is 200 cm³/mol. The summed E-state index contributed by atoms with van der Waals surface area (Å²) >= 11 is 0. The largest absolute Gasteiger partial charge is 0.472 e. The summed E-state index contributed by atoms with van der Waals surface area (Å²) in [6, 6.07) is -0.974. The van der Waals surface area contributed by atoms with Crippen LogP contribution >= 0.6 is 7.82 Å². The van der Waals surface area contributed by atoms with E-state index in [1.54, 1.807) is 6.08 Å². The molecule has 6 N–H and O–H groups in total. The van der Waals surface area contributed by atoms with Crippen molar-refractivity contribution in [3.63, 3.8) is 0 Å². The van der Waals surface area contributed by atoms with Crippen molar-refractivity contribution in [1.82, 2.24) is 5.32 Å². The smallest absolute Gasteiger partial charge is 0.393 e. The molecule has 0 saturated carbocycles. The number of nitrogens with one attached hydrogen (secondary N) is 1. The van der Waals surface area contributed by atoms with Crippen molar-refractivity contribution in [1.29, 1.82) is 0 Å². The zero-order chi connectivity index (χ0) is 35.6. The van der Waals surface area contributed by atoms with Crippen molar-refractivity contribution in [2.45, 2.75) is 205 Å². The normalized spacial score (nSPS) is 15.0. The van der Waals surface area contributed by atoms with Crippen molar-refractivity contribution in [2.24, 2.45) is 5.73 Å². The number of rotatable bonds is 37. The molecular weight excluding hydrogens is 627 g/mol. The van der Waals surface area contributed by atoms with Crippen LogP contribution in [0.1, 0.15) is 187 Å². The standard InChI is InChI=1S/C38H77N2O7P/c1-3-5-7-9-11-12-13-14-15-16-17-18-19-20-21-22-24-25-27-29-35(41)33-38(43)40-36(34-47-48(44,45)46-32-31-39)37(42)30-28-26-23-10-8-6-4-2/h28,30,35-37,41-42H,3-27,29,31-34,39H2,1-2H3,(H,40,43)(H,44,45)/b30-28+. The molecule has 0 aromatic carbocycles. The van der Waals surface area contributed by atoms with Gasteiger partial charge in [0.15, 0.2) is 0 Å². The summed E-state index contributed by atoms with van der Waals surface area (Å²) in [5.74, 6) is -0.448. The molecule has 0 rings (SSSR count). The average Bonchev–Trinajstić information content (AvgIpc) is 3.06. The van der Waals surface area contributed by atoms with Crippen LogP contribution in [-0.2, 0) is 18.4 Å². The van der Waals surface area contributed by atoms with Gasteiger partial charge in [-0.25, -0.2) is 4.57 Å². The summed E-state index contributed by atoms with van der Waals surface area (Å²) in [6.45, 7) is 3.91. The molecule has 0 aliphatic heterocycles. The lowest BCUT2D eigenvalue weighted by Gasteiger charge is -2.24. The van der Waals surface area contributed by atoms with E-state index in [9.17, 15) is 24.5 Å². The highest BCUT2D eigenvalue weighted by Crippen LogP contribution is 2.43. The molecule has 0 aliphatic carbocycles. The highest BCUT2D eigenvalue weighted by molar-refractivity contribution is 7.47. The summed E-state index contributed by atoms with van der Waals surface area (Å²) in [5, 5.41) is 23.8. The quantitative estimate of drug-likeness (QED) is 0.0244. The first-order valence-electron chi connectivity index (χ1n) is 19.9. The lowest BCUT2D eigenvalue weighted by atomic mass is 10.0. The third-order valence-corrected chi connectivity index (χ3v) is 9.90. The van der Waals surface area contributed by atoms with Crippen LogP contribution in [-0.4, -0.2) is 59.0 Å². The maximum absolute atomic E-state index is 12.7. The van der Waals surface area contributed by atoms with E-state index in [1.807, 2.05) is 6.08 Å². The van der Waals surface area contributed by atoms with Gasteiger partial charge in [0.1, 0.15) is 0 Å². The Morgan fingerprint density at radius 1 is 0.708 bits per heavy atom. The van der Waals surface area contributed by atoms with E-state index in [-0.39, 0.29) is 19.6 Å². The molecule has 48 heavy (non-hydrogen) atoms. The van der Waals surface area contributed by atoms with Crippen LogP contribution in [0.25, 0.3) is 0 Å². The number of phosphoric ester groups is 1. The van der Waals surface area contributed by atoms with E-state index in [4.69, 9.17) is 14.8 Å². The summed E-state index contributed by atoms with van der Waals surface area (Å²) in [7, 11) is -4.38. The van der Waals surface area contributed by atoms with Crippen molar-refractivity contribution in [3.8, 4) is 0 Å². The SMILES string of the molecule is CCCCCCC/C=C/C(O)C(COP(=O)(O)OCCN)NC(=O)CC(O)CCCCCCCCCCCCCCCCCCCCC. The number of aliphatic hydroxyl groups excluding tert-OH is 2. The molecule has 0 aromatic heterocycles. The second kappa shape index (κ2) is 34.6. The number of phosphoric acid groups is 1. The molecule has 0 spiro atoms. The summed E-state index contributed by atoms with van der Waals surface area (Å²) in [6.07, 6.45) is 33.3. The van der Waals surface area contributed by atoms with Crippen molar-refractivity contribution >= 4 is 13.7 Å². The Hall–Kier alpha value is -0.800. The number of aliphatic hydroxyl groups is 2. The van der Waals surface area contributed by atoms with E-state index in [2.05, 4.69) is 19.2 Å². The fourth-order valence-electron chi connectivity index (χ4n) is 5.88. The van der Waals surface area contributed by atoms with Gasteiger partial charge in [0, 0.05) is 6.54 Å². The first-order chi connectivity index (χ1) is 23.3. The van der Waals surface area contributed by atoms with E-state index < -0.39 is 38.6 Å². The molecule has 1 amide bonds. The molecule has 0 heterocycles. The van der Waals surface area contributed by atoms with Crippen LogP contribution in [0.2, 0.25) is 0 Å². The van der Waals surface area contributed by atoms with Crippen LogP contribution in [0.3, 0.4) is 0 Å². The monoisotopic (exact) mass is 705 g/mol. The Bertz CT molecular complexity index is 786. The van der Waals surface area contributed by atoms with Crippen LogP contribution in [0, 0.1) is 0 Å². The number of amides is 1. The molecule has 0 bridgehead atoms. The molecular formula is C38H77N2O7P. The Labute approximate surface area is 295 Å². The van der Waals surface area contributed by atoms with Crippen LogP contribution < -0.4 is 11.1 Å². The topological polar surface area (TPSA) is 151 Å². The molecule has 4 unspecified atom stereocenters. The highest BCUT2D eigenvalue weighted by Gasteiger charge is 2.27. The van der Waals surface area contributed by atoms with Gasteiger partial charge in [0.25, 0.3) is 0 Å². The van der Waals surface area contributed by atoms with Gasteiger partial charge in [-0.15, -0.1) is 0 Å². The molecule has 9 nitrogen and oxygen atoms in total. The number of carbonyl (C=O) groups is 1. The maximum atomic E-state index is 12.7. The van der Waals surface area contributed by atoms with Crippen molar-refractivity contribution in [2.75, 3.05) is 19.8 Å². The predicted octanol–water partition coefficient (Wildman–Crippen LogP) is 9.41. The van der Waals surface area contributed by atoms with Gasteiger partial charge in [-0.05, 0) is 19.3 Å². The summed E-state index contributed by atoms with van der Waals surface area (Å²) in [5.41, 5.74) is 5.33. The van der Waals surface area contributed by atoms with Crippen LogP contribution in [0.15, 0.2) is 12.2 Å². The van der Waals surface area contributed by atoms with E-state index >= 15 is 0 Å². The van der Waals surface area contributed by atoms with Gasteiger partial charge < -0.3 is 26.2 Å². The molecule has 0 radical (unpaired) electrons. The third kappa shape index (κ3) is 32.4. The molecule has 0 aliphatic rings. The number of unbranched alkanes of at least 4 members (excludes halogenated alkanes) is 23. The first kappa shape index (κ1) is 47.2. The number of nitrogens with two attached hydrogens (primary N) is 1. The lowest BCUT2D eigenvalue weighted by molar-refractivity contribution is -0.124. The van der Waals surface area contributed by atoms with E-state index in [1.165, 1.54) is 122 Å². The van der Waals surface area contributed by atoms with E-state index in [0.717, 1.165) is 38.5 Å². The maximum Gasteiger partial charge on any atom is 0.472 e. The Morgan fingerprint density at radius 2 is 1.15 bits per heavy atom. The van der Waals surface area contributed by atoms with Crippen molar-refractivity contribution < 1.29 is 33.5 Å². The minimum Gasteiger partial charge on any atom is -0.393 e. The Morgan fingerprint density at radius 3 is 1.60 bits per heavy atom. The number of hydrogen-bond donors (Lipinski definition) is 5. The Balaban J connectivity index is 4.13. The fourth-order valence-corrected chi connectivity index (χ4v) is 6.64. The lowest BCUT2D eigenvalue weighted by Crippen LogP contribution is -2.46. The van der Waals surface area contributed by atoms with Gasteiger partial charge >= 0.3 is 7.82 Å². The molecule has 10 heteroatoms. The fraction of sp³-hybridized carbons (Fsp3) is 0.921. The molecule has 0 saturated heterocycles. The third-order valence-electron chi connectivity index (χ3n) is 8.92. The number of allylic oxidation sites excluding steroid dienone is 1. The number of carbonyl (C=O) groups excluding carboxylic acids is 1. The van der Waals surface area contributed by atoms with Gasteiger partial charge in [-0.2, -0.15) is 0 Å². The van der Waals surface area contributed by atoms with Gasteiger partial charge in [0.05, 0.1) is 37.9 Å².